The Morgan fingerprint density at radius 3 is 2.40 bits per heavy atom. The number of carbonyl (C=O) groups is 4. The quantitative estimate of drug-likeness (QED) is 0.0599. The van der Waals surface area contributed by atoms with Crippen LogP contribution in [0.15, 0.2) is 53.4 Å². The van der Waals surface area contributed by atoms with Gasteiger partial charge in [0.25, 0.3) is 5.91 Å². The molecule has 5 heterocycles. The summed E-state index contributed by atoms with van der Waals surface area (Å²) in [6.07, 6.45) is 9.91. The topological polar surface area (TPSA) is 113 Å². The zero-order valence-corrected chi connectivity index (χ0v) is 37.3. The summed E-state index contributed by atoms with van der Waals surface area (Å²) in [4.78, 5) is 69.3. The minimum atomic E-state index is -0.579. The van der Waals surface area contributed by atoms with E-state index in [2.05, 4.69) is 68.8 Å². The number of rotatable bonds is 13. The molecule has 324 valence electrons. The Hall–Kier alpha value is -4.96. The second-order valence-electron chi connectivity index (χ2n) is 18.4. The zero-order valence-electron chi connectivity index (χ0n) is 36.5. The number of benzene rings is 3. The number of imide groups is 1. The molecule has 0 radical (unpaired) electrons. The van der Waals surface area contributed by atoms with E-state index in [0.717, 1.165) is 114 Å². The number of anilines is 1. The van der Waals surface area contributed by atoms with Gasteiger partial charge in [0.1, 0.15) is 6.04 Å². The lowest BCUT2D eigenvalue weighted by molar-refractivity contribution is -0.136. The molecule has 4 aromatic rings. The predicted octanol–water partition coefficient (Wildman–Crippen LogP) is 8.24. The number of hydrogen-bond donors (Lipinski definition) is 2. The molecule has 12 heteroatoms. The van der Waals surface area contributed by atoms with Crippen molar-refractivity contribution in [1.82, 2.24) is 25.0 Å². The highest BCUT2D eigenvalue weighted by atomic mass is 32.2. The van der Waals surface area contributed by atoms with Gasteiger partial charge in [-0.05, 0) is 97.8 Å². The van der Waals surface area contributed by atoms with Crippen LogP contribution in [0.2, 0.25) is 0 Å². The average molecular weight is 854 g/mol. The van der Waals surface area contributed by atoms with E-state index in [1.54, 1.807) is 4.90 Å². The van der Waals surface area contributed by atoms with Crippen LogP contribution in [-0.2, 0) is 28.0 Å². The number of nitrogens with zero attached hydrogens (tertiary/aromatic N) is 5. The Morgan fingerprint density at radius 1 is 0.871 bits per heavy atom. The van der Waals surface area contributed by atoms with E-state index in [4.69, 9.17) is 6.57 Å². The molecular formula is C50H59N7O4S. The number of thioether (sulfide) groups is 1. The number of aromatic nitrogens is 1. The molecule has 4 aliphatic heterocycles. The van der Waals surface area contributed by atoms with Gasteiger partial charge in [-0.15, -0.1) is 11.8 Å². The van der Waals surface area contributed by atoms with E-state index in [-0.39, 0.29) is 35.3 Å². The number of fused-ring (bicyclic) bond motifs is 5. The molecule has 5 aliphatic rings. The standard InChI is InChI=1S/C50H59N7O4S/c1-5-32-28-37-39(50(2,3)47-45(46(37)59)36-15-14-33(51-4)29-40(36)52-47)30-42(32)56-21-18-34(19-22-56)55-25-23-54(24-26-55)20-9-7-6-8-10-27-62-43-13-11-12-35-38(43)31-57(49(35)61)41-16-17-44(58)53-48(41)60/h11-15,28-30,34,41,52H,5-10,16-27,31H2,1-3H3,(H,53,58,60). The summed E-state index contributed by atoms with van der Waals surface area (Å²) in [5, 5.41) is 3.29. The van der Waals surface area contributed by atoms with Crippen molar-refractivity contribution in [3.05, 3.63) is 99.0 Å². The predicted molar refractivity (Wildman–Crippen MR) is 245 cm³/mol. The third-order valence-corrected chi connectivity index (χ3v) is 15.6. The van der Waals surface area contributed by atoms with Crippen molar-refractivity contribution in [2.45, 2.75) is 114 Å². The number of aryl methyl sites for hydroxylation is 1. The molecular weight excluding hydrogens is 795 g/mol. The fourth-order valence-corrected chi connectivity index (χ4v) is 11.9. The Balaban J connectivity index is 0.698. The van der Waals surface area contributed by atoms with Gasteiger partial charge >= 0.3 is 0 Å². The summed E-state index contributed by atoms with van der Waals surface area (Å²) in [5.74, 6) is 0.353. The summed E-state index contributed by atoms with van der Waals surface area (Å²) < 4.78 is 0. The van der Waals surface area contributed by atoms with Crippen LogP contribution in [0, 0.1) is 6.57 Å². The third-order valence-electron chi connectivity index (χ3n) is 14.4. The first-order valence-electron chi connectivity index (χ1n) is 22.9. The minimum Gasteiger partial charge on any atom is -0.371 e. The van der Waals surface area contributed by atoms with E-state index < -0.39 is 6.04 Å². The maximum atomic E-state index is 14.1. The summed E-state index contributed by atoms with van der Waals surface area (Å²) in [6.45, 7) is 22.3. The second kappa shape index (κ2) is 17.7. The molecule has 3 saturated heterocycles. The van der Waals surface area contributed by atoms with Crippen molar-refractivity contribution in [2.24, 2.45) is 0 Å². The van der Waals surface area contributed by atoms with Gasteiger partial charge in [-0.2, -0.15) is 0 Å². The van der Waals surface area contributed by atoms with Gasteiger partial charge < -0.3 is 19.7 Å². The molecule has 1 atom stereocenters. The molecule has 9 rings (SSSR count). The highest BCUT2D eigenvalue weighted by molar-refractivity contribution is 7.99. The van der Waals surface area contributed by atoms with Crippen LogP contribution in [0.4, 0.5) is 11.4 Å². The molecule has 0 bridgehead atoms. The number of amides is 3. The first-order chi connectivity index (χ1) is 30.0. The fraction of sp³-hybridized carbons (Fsp3) is 0.500. The van der Waals surface area contributed by atoms with Crippen LogP contribution in [-0.4, -0.2) is 107 Å². The minimum absolute atomic E-state index is 0.0811. The van der Waals surface area contributed by atoms with Crippen LogP contribution in [0.25, 0.3) is 15.7 Å². The molecule has 62 heavy (non-hydrogen) atoms. The molecule has 1 unspecified atom stereocenters. The van der Waals surface area contributed by atoms with Crippen molar-refractivity contribution in [3.63, 3.8) is 0 Å². The van der Waals surface area contributed by atoms with E-state index in [1.165, 1.54) is 43.5 Å². The molecule has 1 aromatic heterocycles. The Morgan fingerprint density at radius 2 is 1.65 bits per heavy atom. The van der Waals surface area contributed by atoms with Gasteiger partial charge in [-0.25, -0.2) is 4.85 Å². The number of ketones is 1. The van der Waals surface area contributed by atoms with Gasteiger partial charge in [0, 0.05) is 102 Å². The molecule has 3 fully saturated rings. The van der Waals surface area contributed by atoms with Gasteiger partial charge in [-0.3, -0.25) is 29.4 Å². The molecule has 11 nitrogen and oxygen atoms in total. The first kappa shape index (κ1) is 42.3. The lowest BCUT2D eigenvalue weighted by Crippen LogP contribution is -2.53. The van der Waals surface area contributed by atoms with Crippen LogP contribution < -0.4 is 10.2 Å². The number of piperazine rings is 1. The average Bonchev–Trinajstić information content (AvgIpc) is 3.85. The van der Waals surface area contributed by atoms with Crippen LogP contribution in [0.3, 0.4) is 0 Å². The SMILES string of the molecule is [C-]#[N+]c1ccc2c3c([nH]c2c1)C(C)(C)c1cc(N2CCC(N4CCN(CCCCCCCSc5cccc6c5CN(C5CCC(=O)NC5=O)C6=O)CC4)CC2)c(CC)cc1C3=O. The molecule has 3 amide bonds. The van der Waals surface area contributed by atoms with Gasteiger partial charge in [0.05, 0.1) is 12.1 Å². The molecule has 2 N–H and O–H groups in total. The lowest BCUT2D eigenvalue weighted by Gasteiger charge is -2.44. The molecule has 3 aromatic carbocycles. The zero-order chi connectivity index (χ0) is 43.1. The largest absolute Gasteiger partial charge is 0.371 e. The number of piperidine rings is 2. The van der Waals surface area contributed by atoms with Gasteiger partial charge in [0.15, 0.2) is 11.5 Å². The number of hydrogen-bond acceptors (Lipinski definition) is 8. The maximum absolute atomic E-state index is 14.1. The third kappa shape index (κ3) is 7.97. The fourth-order valence-electron chi connectivity index (χ4n) is 10.8. The highest BCUT2D eigenvalue weighted by Crippen LogP contribution is 2.46. The summed E-state index contributed by atoms with van der Waals surface area (Å²) in [6, 6.07) is 16.0. The summed E-state index contributed by atoms with van der Waals surface area (Å²) in [7, 11) is 0. The molecule has 1 aliphatic carbocycles. The maximum Gasteiger partial charge on any atom is 0.255 e. The van der Waals surface area contributed by atoms with Gasteiger partial charge in [-0.1, -0.05) is 58.2 Å². The van der Waals surface area contributed by atoms with Crippen LogP contribution in [0.1, 0.15) is 127 Å². The summed E-state index contributed by atoms with van der Waals surface area (Å²) >= 11 is 1.81. The molecule has 0 saturated carbocycles. The van der Waals surface area contributed by atoms with E-state index in [1.807, 2.05) is 42.1 Å². The van der Waals surface area contributed by atoms with Crippen molar-refractivity contribution >= 4 is 57.5 Å². The van der Waals surface area contributed by atoms with Crippen LogP contribution in [0.5, 0.6) is 0 Å². The number of aromatic amines is 1. The smallest absolute Gasteiger partial charge is 0.255 e. The lowest BCUT2D eigenvalue weighted by atomic mass is 9.70. The number of carbonyl (C=O) groups excluding carboxylic acids is 4. The number of unbranched alkanes of at least 4 members (excludes halogenated alkanes) is 4. The highest BCUT2D eigenvalue weighted by Gasteiger charge is 2.42. The Labute approximate surface area is 369 Å². The van der Waals surface area contributed by atoms with Crippen molar-refractivity contribution in [2.75, 3.05) is 56.5 Å². The molecule has 0 spiro atoms. The van der Waals surface area contributed by atoms with Crippen LogP contribution >= 0.6 is 11.8 Å². The van der Waals surface area contributed by atoms with Gasteiger partial charge in [0.2, 0.25) is 11.8 Å². The van der Waals surface area contributed by atoms with E-state index >= 15 is 0 Å². The van der Waals surface area contributed by atoms with Crippen molar-refractivity contribution in [3.8, 4) is 0 Å². The normalized spacial score (nSPS) is 20.6. The van der Waals surface area contributed by atoms with Crippen molar-refractivity contribution < 1.29 is 19.2 Å². The Bertz CT molecular complexity index is 2450. The Kier molecular flexibility index (Phi) is 12.1. The van der Waals surface area contributed by atoms with E-state index in [0.29, 0.717) is 30.3 Å². The number of nitrogens with one attached hydrogen (secondary N) is 2. The van der Waals surface area contributed by atoms with Crippen molar-refractivity contribution in [1.29, 1.82) is 0 Å². The first-order valence-corrected chi connectivity index (χ1v) is 23.9. The monoisotopic (exact) mass is 853 g/mol. The number of H-pyrrole nitrogens is 1. The summed E-state index contributed by atoms with van der Waals surface area (Å²) in [5.41, 5.74) is 8.88. The van der Waals surface area contributed by atoms with E-state index in [9.17, 15) is 19.2 Å². The second-order valence-corrected chi connectivity index (χ2v) is 19.6.